The Hall–Kier alpha value is -1.99. The lowest BCUT2D eigenvalue weighted by atomic mass is 10.2. The van der Waals surface area contributed by atoms with E-state index in [0.29, 0.717) is 13.2 Å². The fourth-order valence-electron chi connectivity index (χ4n) is 3.85. The molecular weight excluding hydrogens is 376 g/mol. The van der Waals surface area contributed by atoms with Crippen molar-refractivity contribution in [3.05, 3.63) is 59.9 Å². The highest BCUT2D eigenvalue weighted by Crippen LogP contribution is 2.17. The molecule has 1 unspecified atom stereocenters. The van der Waals surface area contributed by atoms with E-state index in [-0.39, 0.29) is 0 Å². The zero-order chi connectivity index (χ0) is 21.2. The lowest BCUT2D eigenvalue weighted by molar-refractivity contribution is 0.0470. The zero-order valence-corrected chi connectivity index (χ0v) is 18.4. The average Bonchev–Trinajstić information content (AvgIpc) is 2.79. The van der Waals surface area contributed by atoms with Crippen LogP contribution in [0.1, 0.15) is 25.0 Å². The van der Waals surface area contributed by atoms with E-state index in [1.54, 1.807) is 0 Å². The van der Waals surface area contributed by atoms with Crippen LogP contribution in [0.25, 0.3) is 0 Å². The maximum absolute atomic E-state index is 10.4. The second-order valence-electron chi connectivity index (χ2n) is 8.01. The summed E-state index contributed by atoms with van der Waals surface area (Å²) in [5.74, 6) is 0.822. The first-order valence-corrected chi connectivity index (χ1v) is 11.1. The highest BCUT2D eigenvalue weighted by atomic mass is 16.5. The van der Waals surface area contributed by atoms with Crippen molar-refractivity contribution in [2.45, 2.75) is 33.0 Å². The summed E-state index contributed by atoms with van der Waals surface area (Å²) >= 11 is 0. The standard InChI is InChI=1S/C24H36N4O2/c1-3-26-12-14-28(15-13-26)19-23(29)20-30-24-7-5-6-22(16-24)18-27(4-2)17-21-8-10-25-11-9-21/h5-11,16,23,29H,3-4,12-15,17-20H2,1-2H3. The van der Waals surface area contributed by atoms with Crippen molar-refractivity contribution >= 4 is 0 Å². The highest BCUT2D eigenvalue weighted by molar-refractivity contribution is 5.28. The molecule has 0 amide bonds. The largest absolute Gasteiger partial charge is 0.491 e. The number of aliphatic hydroxyl groups is 1. The number of likely N-dealkylation sites (N-methyl/N-ethyl adjacent to an activating group) is 1. The van der Waals surface area contributed by atoms with Gasteiger partial charge in [0.25, 0.3) is 0 Å². The molecule has 6 heteroatoms. The minimum atomic E-state index is -0.472. The predicted octanol–water partition coefficient (Wildman–Crippen LogP) is 2.48. The van der Waals surface area contributed by atoms with E-state index in [2.05, 4.69) is 57.8 Å². The summed E-state index contributed by atoms with van der Waals surface area (Å²) in [6.45, 7) is 13.4. The third-order valence-corrected chi connectivity index (χ3v) is 5.73. The number of β-amino-alcohol motifs (C(OH)–C–C–N with tert-alkyl or cyclic N) is 1. The van der Waals surface area contributed by atoms with Gasteiger partial charge in [0.1, 0.15) is 18.5 Å². The normalized spacial score (nSPS) is 16.7. The molecular formula is C24H36N4O2. The Labute approximate surface area is 181 Å². The van der Waals surface area contributed by atoms with Gasteiger partial charge in [-0.05, 0) is 48.5 Å². The molecule has 0 spiro atoms. The molecule has 1 N–H and O–H groups in total. The van der Waals surface area contributed by atoms with Crippen LogP contribution < -0.4 is 4.74 Å². The summed E-state index contributed by atoms with van der Waals surface area (Å²) in [7, 11) is 0. The van der Waals surface area contributed by atoms with Gasteiger partial charge in [0.15, 0.2) is 0 Å². The molecule has 30 heavy (non-hydrogen) atoms. The Balaban J connectivity index is 1.45. The van der Waals surface area contributed by atoms with Crippen LogP contribution in [0.5, 0.6) is 5.75 Å². The predicted molar refractivity (Wildman–Crippen MR) is 121 cm³/mol. The van der Waals surface area contributed by atoms with E-state index in [1.807, 2.05) is 24.5 Å². The second kappa shape index (κ2) is 12.0. The van der Waals surface area contributed by atoms with Gasteiger partial charge in [-0.25, -0.2) is 0 Å². The molecule has 1 fully saturated rings. The monoisotopic (exact) mass is 412 g/mol. The Morgan fingerprint density at radius 2 is 1.70 bits per heavy atom. The SMILES string of the molecule is CCN1CCN(CC(O)COc2cccc(CN(CC)Cc3ccncc3)c2)CC1. The second-order valence-corrected chi connectivity index (χ2v) is 8.01. The van der Waals surface area contributed by atoms with Crippen LogP contribution in [0, 0.1) is 0 Å². The number of pyridine rings is 1. The van der Waals surface area contributed by atoms with E-state index in [4.69, 9.17) is 4.74 Å². The molecule has 1 aromatic heterocycles. The van der Waals surface area contributed by atoms with E-state index in [1.165, 1.54) is 11.1 Å². The summed E-state index contributed by atoms with van der Waals surface area (Å²) in [5, 5.41) is 10.4. The number of piperazine rings is 1. The van der Waals surface area contributed by atoms with Gasteiger partial charge >= 0.3 is 0 Å². The quantitative estimate of drug-likeness (QED) is 0.612. The fraction of sp³-hybridized carbons (Fsp3) is 0.542. The van der Waals surface area contributed by atoms with Gasteiger partial charge in [0.05, 0.1) is 0 Å². The van der Waals surface area contributed by atoms with E-state index in [9.17, 15) is 5.11 Å². The molecule has 0 aliphatic carbocycles. The fourth-order valence-corrected chi connectivity index (χ4v) is 3.85. The summed E-state index contributed by atoms with van der Waals surface area (Å²) in [5.41, 5.74) is 2.48. The highest BCUT2D eigenvalue weighted by Gasteiger charge is 2.18. The molecule has 1 aromatic carbocycles. The number of rotatable bonds is 11. The molecule has 0 saturated carbocycles. The van der Waals surface area contributed by atoms with E-state index < -0.39 is 6.10 Å². The first kappa shape index (κ1) is 22.7. The van der Waals surface area contributed by atoms with Crippen molar-refractivity contribution in [1.29, 1.82) is 0 Å². The van der Waals surface area contributed by atoms with Gasteiger partial charge in [0, 0.05) is 58.2 Å². The van der Waals surface area contributed by atoms with Crippen LogP contribution in [0.3, 0.4) is 0 Å². The molecule has 3 rings (SSSR count). The van der Waals surface area contributed by atoms with Crippen molar-refractivity contribution in [2.24, 2.45) is 0 Å². The summed E-state index contributed by atoms with van der Waals surface area (Å²) in [6.07, 6.45) is 3.21. The van der Waals surface area contributed by atoms with Gasteiger partial charge in [0.2, 0.25) is 0 Å². The third kappa shape index (κ3) is 7.36. The Kier molecular flexibility index (Phi) is 9.08. The first-order valence-electron chi connectivity index (χ1n) is 11.1. The third-order valence-electron chi connectivity index (χ3n) is 5.73. The van der Waals surface area contributed by atoms with Gasteiger partial charge < -0.3 is 14.7 Å². The van der Waals surface area contributed by atoms with Crippen molar-refractivity contribution in [3.63, 3.8) is 0 Å². The van der Waals surface area contributed by atoms with Crippen molar-refractivity contribution in [1.82, 2.24) is 19.7 Å². The van der Waals surface area contributed by atoms with Crippen LogP contribution in [0.2, 0.25) is 0 Å². The van der Waals surface area contributed by atoms with Crippen LogP contribution in [-0.2, 0) is 13.1 Å². The van der Waals surface area contributed by atoms with Crippen molar-refractivity contribution in [3.8, 4) is 5.75 Å². The Bertz CT molecular complexity index is 735. The van der Waals surface area contributed by atoms with E-state index in [0.717, 1.165) is 58.1 Å². The number of ether oxygens (including phenoxy) is 1. The smallest absolute Gasteiger partial charge is 0.119 e. The van der Waals surface area contributed by atoms with Crippen LogP contribution in [0.4, 0.5) is 0 Å². The van der Waals surface area contributed by atoms with E-state index >= 15 is 0 Å². The van der Waals surface area contributed by atoms with Gasteiger partial charge in [-0.2, -0.15) is 0 Å². The lowest BCUT2D eigenvalue weighted by Crippen LogP contribution is -2.49. The summed E-state index contributed by atoms with van der Waals surface area (Å²) in [6, 6.07) is 12.3. The number of aliphatic hydroxyl groups excluding tert-OH is 1. The minimum absolute atomic E-state index is 0.325. The van der Waals surface area contributed by atoms with Crippen molar-refractivity contribution < 1.29 is 9.84 Å². The Morgan fingerprint density at radius 3 is 2.40 bits per heavy atom. The number of benzene rings is 1. The molecule has 6 nitrogen and oxygen atoms in total. The number of hydrogen-bond donors (Lipinski definition) is 1. The minimum Gasteiger partial charge on any atom is -0.491 e. The van der Waals surface area contributed by atoms with Crippen molar-refractivity contribution in [2.75, 3.05) is 52.4 Å². The van der Waals surface area contributed by atoms with Crippen LogP contribution in [0.15, 0.2) is 48.8 Å². The molecule has 0 radical (unpaired) electrons. The summed E-state index contributed by atoms with van der Waals surface area (Å²) < 4.78 is 5.91. The first-order chi connectivity index (χ1) is 14.7. The maximum Gasteiger partial charge on any atom is 0.119 e. The molecule has 0 bridgehead atoms. The topological polar surface area (TPSA) is 52.1 Å². The molecule has 2 aromatic rings. The number of hydrogen-bond acceptors (Lipinski definition) is 6. The molecule has 1 saturated heterocycles. The average molecular weight is 413 g/mol. The molecule has 1 aliphatic heterocycles. The molecule has 164 valence electrons. The van der Waals surface area contributed by atoms with Crippen LogP contribution in [-0.4, -0.2) is 83.3 Å². The Morgan fingerprint density at radius 1 is 1.00 bits per heavy atom. The molecule has 1 atom stereocenters. The number of aromatic nitrogens is 1. The zero-order valence-electron chi connectivity index (χ0n) is 18.4. The van der Waals surface area contributed by atoms with Gasteiger partial charge in [-0.1, -0.05) is 26.0 Å². The number of nitrogens with zero attached hydrogens (tertiary/aromatic N) is 4. The lowest BCUT2D eigenvalue weighted by Gasteiger charge is -2.34. The summed E-state index contributed by atoms with van der Waals surface area (Å²) in [4.78, 5) is 11.3. The molecule has 1 aliphatic rings. The maximum atomic E-state index is 10.4. The molecule has 2 heterocycles. The van der Waals surface area contributed by atoms with Gasteiger partial charge in [-0.3, -0.25) is 14.8 Å². The van der Waals surface area contributed by atoms with Crippen LogP contribution >= 0.6 is 0 Å². The van der Waals surface area contributed by atoms with Gasteiger partial charge in [-0.15, -0.1) is 0 Å².